The first-order valence-corrected chi connectivity index (χ1v) is 7.80. The van der Waals surface area contributed by atoms with Crippen LogP contribution in [0.25, 0.3) is 21.5 Å². The molecule has 1 aliphatic heterocycles. The first-order valence-electron chi connectivity index (χ1n) is 6.55. The summed E-state index contributed by atoms with van der Waals surface area (Å²) in [4.78, 5) is 32.4. The number of nitrogens with zero attached hydrogens (tertiary/aromatic N) is 4. The molecule has 1 N–H and O–H groups in total. The molecule has 0 radical (unpaired) electrons. The van der Waals surface area contributed by atoms with Crippen molar-refractivity contribution in [3.05, 3.63) is 40.8 Å². The molecule has 7 nitrogen and oxygen atoms in total. The Kier molecular flexibility index (Phi) is 3.49. The van der Waals surface area contributed by atoms with Gasteiger partial charge in [-0.1, -0.05) is 11.6 Å². The van der Waals surface area contributed by atoms with Gasteiger partial charge in [0.1, 0.15) is 12.0 Å². The number of rotatable bonds is 3. The number of hydrogen-bond acceptors (Lipinski definition) is 8. The molecule has 3 heterocycles. The van der Waals surface area contributed by atoms with Gasteiger partial charge in [-0.3, -0.25) is 4.79 Å². The van der Waals surface area contributed by atoms with Crippen molar-refractivity contribution in [1.82, 2.24) is 20.4 Å². The van der Waals surface area contributed by atoms with Crippen molar-refractivity contribution in [2.24, 2.45) is 4.99 Å². The van der Waals surface area contributed by atoms with Gasteiger partial charge in [0, 0.05) is 5.56 Å². The third kappa shape index (κ3) is 2.56. The molecule has 2 aromatic heterocycles. The Labute approximate surface area is 139 Å². The molecule has 0 saturated carbocycles. The van der Waals surface area contributed by atoms with Crippen molar-refractivity contribution < 1.29 is 9.63 Å². The molecular formula is C14H8ClN5O2S. The number of aliphatic imine (C=N–C) groups is 1. The van der Waals surface area contributed by atoms with Gasteiger partial charge in [0.2, 0.25) is 6.23 Å². The van der Waals surface area contributed by atoms with Crippen LogP contribution in [0, 0.1) is 0 Å². The number of fused-ring (bicyclic) bond motifs is 1. The summed E-state index contributed by atoms with van der Waals surface area (Å²) in [6.45, 7) is 0. The predicted molar refractivity (Wildman–Crippen MR) is 86.3 cm³/mol. The number of halogens is 1. The SMILES string of the molecule is O=CC1N=C(c2cc(-c3cc(Cl)c4scnc4c3)ncn2)NO1. The Morgan fingerprint density at radius 2 is 2.09 bits per heavy atom. The van der Waals surface area contributed by atoms with E-state index in [4.69, 9.17) is 16.4 Å². The number of carbonyl (C=O) groups excluding carboxylic acids is 1. The fourth-order valence-corrected chi connectivity index (χ4v) is 3.22. The molecule has 0 saturated heterocycles. The highest BCUT2D eigenvalue weighted by atomic mass is 35.5. The second-order valence-corrected chi connectivity index (χ2v) is 5.93. The zero-order chi connectivity index (χ0) is 15.8. The smallest absolute Gasteiger partial charge is 0.232 e. The maximum atomic E-state index is 10.7. The first kappa shape index (κ1) is 14.2. The summed E-state index contributed by atoms with van der Waals surface area (Å²) in [6, 6.07) is 5.49. The summed E-state index contributed by atoms with van der Waals surface area (Å²) >= 11 is 7.78. The molecule has 1 aromatic carbocycles. The van der Waals surface area contributed by atoms with Crippen LogP contribution < -0.4 is 5.48 Å². The van der Waals surface area contributed by atoms with Crippen molar-refractivity contribution >= 4 is 45.3 Å². The number of carbonyl (C=O) groups is 1. The van der Waals surface area contributed by atoms with E-state index < -0.39 is 6.23 Å². The van der Waals surface area contributed by atoms with E-state index in [1.54, 1.807) is 11.6 Å². The second-order valence-electron chi connectivity index (χ2n) is 4.67. The lowest BCUT2D eigenvalue weighted by Crippen LogP contribution is -2.20. The number of aromatic nitrogens is 3. The molecule has 114 valence electrons. The molecule has 0 amide bonds. The first-order chi connectivity index (χ1) is 11.2. The molecule has 1 aliphatic rings. The highest BCUT2D eigenvalue weighted by Crippen LogP contribution is 2.32. The summed E-state index contributed by atoms with van der Waals surface area (Å²) in [5, 5.41) is 0.626. The van der Waals surface area contributed by atoms with Crippen LogP contribution in [0.1, 0.15) is 5.69 Å². The number of nitrogens with one attached hydrogen (secondary N) is 1. The fourth-order valence-electron chi connectivity index (χ4n) is 2.19. The topological polar surface area (TPSA) is 89.4 Å². The number of amidine groups is 1. The molecule has 0 aliphatic carbocycles. The minimum Gasteiger partial charge on any atom is -0.298 e. The molecule has 1 unspecified atom stereocenters. The van der Waals surface area contributed by atoms with Crippen LogP contribution in [0.2, 0.25) is 5.02 Å². The maximum absolute atomic E-state index is 10.7. The van der Waals surface area contributed by atoms with E-state index in [0.717, 1.165) is 15.8 Å². The van der Waals surface area contributed by atoms with Crippen LogP contribution in [0.5, 0.6) is 0 Å². The third-order valence-corrected chi connectivity index (χ3v) is 4.53. The maximum Gasteiger partial charge on any atom is 0.232 e. The van der Waals surface area contributed by atoms with E-state index in [1.807, 2.05) is 12.1 Å². The quantitative estimate of drug-likeness (QED) is 0.732. The molecule has 0 fully saturated rings. The fraction of sp³-hybridized carbons (Fsp3) is 0.0714. The summed E-state index contributed by atoms with van der Waals surface area (Å²) in [5.41, 5.74) is 7.17. The molecule has 0 spiro atoms. The zero-order valence-electron chi connectivity index (χ0n) is 11.4. The number of hydroxylamine groups is 1. The largest absolute Gasteiger partial charge is 0.298 e. The minimum absolute atomic E-state index is 0.381. The molecule has 3 aromatic rings. The molecule has 0 bridgehead atoms. The minimum atomic E-state index is -0.857. The van der Waals surface area contributed by atoms with Crippen molar-refractivity contribution in [2.45, 2.75) is 6.23 Å². The highest BCUT2D eigenvalue weighted by Gasteiger charge is 2.19. The lowest BCUT2D eigenvalue weighted by molar-refractivity contribution is -0.118. The summed E-state index contributed by atoms with van der Waals surface area (Å²) in [5.74, 6) is 0.381. The van der Waals surface area contributed by atoms with Gasteiger partial charge in [0.05, 0.1) is 26.4 Å². The van der Waals surface area contributed by atoms with Crippen LogP contribution in [0.3, 0.4) is 0 Å². The number of benzene rings is 1. The highest BCUT2D eigenvalue weighted by molar-refractivity contribution is 7.17. The molecular weight excluding hydrogens is 338 g/mol. The Balaban J connectivity index is 1.77. The summed E-state index contributed by atoms with van der Waals surface area (Å²) in [6.07, 6.45) is 1.16. The zero-order valence-corrected chi connectivity index (χ0v) is 13.0. The van der Waals surface area contributed by atoms with Gasteiger partial charge in [-0.25, -0.2) is 30.3 Å². The molecule has 9 heteroatoms. The van der Waals surface area contributed by atoms with E-state index >= 15 is 0 Å². The number of aldehydes is 1. The summed E-state index contributed by atoms with van der Waals surface area (Å²) in [7, 11) is 0. The van der Waals surface area contributed by atoms with Gasteiger partial charge in [-0.15, -0.1) is 11.3 Å². The lowest BCUT2D eigenvalue weighted by atomic mass is 10.1. The van der Waals surface area contributed by atoms with Crippen LogP contribution in [0.15, 0.2) is 35.0 Å². The average Bonchev–Trinajstić information content (AvgIpc) is 3.24. The second kappa shape index (κ2) is 5.65. The number of hydrogen-bond donors (Lipinski definition) is 1. The third-order valence-electron chi connectivity index (χ3n) is 3.24. The molecule has 4 rings (SSSR count). The monoisotopic (exact) mass is 345 g/mol. The van der Waals surface area contributed by atoms with Crippen LogP contribution in [-0.4, -0.2) is 33.3 Å². The van der Waals surface area contributed by atoms with Crippen molar-refractivity contribution in [1.29, 1.82) is 0 Å². The van der Waals surface area contributed by atoms with Crippen LogP contribution in [-0.2, 0) is 9.63 Å². The summed E-state index contributed by atoms with van der Waals surface area (Å²) < 4.78 is 0.939. The van der Waals surface area contributed by atoms with Crippen molar-refractivity contribution in [2.75, 3.05) is 0 Å². The van der Waals surface area contributed by atoms with E-state index in [2.05, 4.69) is 25.4 Å². The van der Waals surface area contributed by atoms with Gasteiger partial charge >= 0.3 is 0 Å². The Morgan fingerprint density at radius 1 is 1.22 bits per heavy atom. The average molecular weight is 346 g/mol. The van der Waals surface area contributed by atoms with Gasteiger partial charge in [-0.05, 0) is 18.2 Å². The molecule has 23 heavy (non-hydrogen) atoms. The Morgan fingerprint density at radius 3 is 2.91 bits per heavy atom. The van der Waals surface area contributed by atoms with Crippen molar-refractivity contribution in [3.8, 4) is 11.3 Å². The lowest BCUT2D eigenvalue weighted by Gasteiger charge is -2.05. The number of thiazole rings is 1. The van der Waals surface area contributed by atoms with Gasteiger partial charge in [0.15, 0.2) is 12.1 Å². The van der Waals surface area contributed by atoms with Gasteiger partial charge in [-0.2, -0.15) is 0 Å². The van der Waals surface area contributed by atoms with Crippen LogP contribution >= 0.6 is 22.9 Å². The standard InChI is InChI=1S/C14H8ClN5O2S/c15-8-1-7(2-10-13(8)23-6-18-10)9-3-11(17-5-16-9)14-19-12(4-21)22-20-14/h1-6,12H,(H,19,20). The normalized spacial score (nSPS) is 17.1. The Hall–Kier alpha value is -2.42. The van der Waals surface area contributed by atoms with E-state index in [-0.39, 0.29) is 0 Å². The van der Waals surface area contributed by atoms with E-state index in [9.17, 15) is 4.79 Å². The predicted octanol–water partition coefficient (Wildman–Crippen LogP) is 2.21. The van der Waals surface area contributed by atoms with E-state index in [0.29, 0.717) is 28.5 Å². The van der Waals surface area contributed by atoms with Crippen molar-refractivity contribution in [3.63, 3.8) is 0 Å². The molecule has 1 atom stereocenters. The van der Waals surface area contributed by atoms with E-state index in [1.165, 1.54) is 17.7 Å². The van der Waals surface area contributed by atoms with Gasteiger partial charge in [0.25, 0.3) is 0 Å². The van der Waals surface area contributed by atoms with Gasteiger partial charge < -0.3 is 0 Å². The van der Waals surface area contributed by atoms with Crippen LogP contribution in [0.4, 0.5) is 0 Å². The Bertz CT molecular complexity index is 942.